The Bertz CT molecular complexity index is 800. The van der Waals surface area contributed by atoms with E-state index in [4.69, 9.17) is 9.84 Å². The molecule has 1 aromatic heterocycles. The maximum absolute atomic E-state index is 13.4. The lowest BCUT2D eigenvalue weighted by molar-refractivity contribution is -0.132. The Kier molecular flexibility index (Phi) is 6.05. The molecule has 0 spiro atoms. The molecule has 1 N–H and O–H groups in total. The molecule has 144 valence electrons. The van der Waals surface area contributed by atoms with Gasteiger partial charge in [-0.3, -0.25) is 9.48 Å². The van der Waals surface area contributed by atoms with Crippen LogP contribution in [0.15, 0.2) is 36.7 Å². The molecular weight excluding hydrogens is 353 g/mol. The average molecular weight is 375 g/mol. The van der Waals surface area contributed by atoms with E-state index in [2.05, 4.69) is 5.10 Å². The zero-order valence-corrected chi connectivity index (χ0v) is 14.9. The van der Waals surface area contributed by atoms with Gasteiger partial charge in [-0.1, -0.05) is 12.1 Å². The number of hydrogen-bond acceptors (Lipinski definition) is 4. The first-order chi connectivity index (χ1) is 13.0. The predicted octanol–water partition coefficient (Wildman–Crippen LogP) is 2.74. The van der Waals surface area contributed by atoms with E-state index in [-0.39, 0.29) is 29.9 Å². The third kappa shape index (κ3) is 4.84. The van der Waals surface area contributed by atoms with Crippen LogP contribution in [0.25, 0.3) is 0 Å². The van der Waals surface area contributed by atoms with Gasteiger partial charge in [-0.25, -0.2) is 9.18 Å². The van der Waals surface area contributed by atoms with Crippen molar-refractivity contribution in [1.82, 2.24) is 14.7 Å². The minimum Gasteiger partial charge on any atom is -0.491 e. The number of aromatic carboxylic acids is 1. The van der Waals surface area contributed by atoms with Gasteiger partial charge in [0.2, 0.25) is 5.91 Å². The molecule has 7 nitrogen and oxygen atoms in total. The van der Waals surface area contributed by atoms with Gasteiger partial charge < -0.3 is 14.7 Å². The minimum atomic E-state index is -0.994. The summed E-state index contributed by atoms with van der Waals surface area (Å²) in [5, 5.41) is 13.1. The van der Waals surface area contributed by atoms with Crippen molar-refractivity contribution < 1.29 is 23.8 Å². The summed E-state index contributed by atoms with van der Waals surface area (Å²) in [5.74, 6) is -1.15. The Morgan fingerprint density at radius 3 is 2.67 bits per heavy atom. The number of carbonyl (C=O) groups excluding carboxylic acids is 1. The number of carboxylic acid groups (broad SMARTS) is 1. The highest BCUT2D eigenvalue weighted by Gasteiger charge is 2.24. The SMILES string of the molecule is O=C(O)c1cnn(C2CCN(C(=O)CCCOc3ccccc3F)CC2)c1. The summed E-state index contributed by atoms with van der Waals surface area (Å²) >= 11 is 0. The summed E-state index contributed by atoms with van der Waals surface area (Å²) in [6.07, 6.45) is 5.22. The summed E-state index contributed by atoms with van der Waals surface area (Å²) < 4.78 is 20.5. The smallest absolute Gasteiger partial charge is 0.338 e. The van der Waals surface area contributed by atoms with Crippen molar-refractivity contribution in [2.24, 2.45) is 0 Å². The molecule has 0 radical (unpaired) electrons. The first kappa shape index (κ1) is 18.9. The van der Waals surface area contributed by atoms with E-state index in [9.17, 15) is 14.0 Å². The molecule has 1 fully saturated rings. The number of carboxylic acids is 1. The molecule has 0 atom stereocenters. The number of rotatable bonds is 7. The van der Waals surface area contributed by atoms with Gasteiger partial charge in [-0.05, 0) is 31.4 Å². The van der Waals surface area contributed by atoms with Crippen LogP contribution in [0.4, 0.5) is 4.39 Å². The Balaban J connectivity index is 1.39. The molecule has 2 aromatic rings. The quantitative estimate of drug-likeness (QED) is 0.752. The zero-order valence-electron chi connectivity index (χ0n) is 14.9. The summed E-state index contributed by atoms with van der Waals surface area (Å²) in [6.45, 7) is 1.51. The van der Waals surface area contributed by atoms with Crippen LogP contribution in [-0.2, 0) is 4.79 Å². The number of aromatic nitrogens is 2. The molecule has 1 aliphatic heterocycles. The Morgan fingerprint density at radius 2 is 2.00 bits per heavy atom. The van der Waals surface area contributed by atoms with E-state index in [0.29, 0.717) is 25.9 Å². The molecule has 1 aliphatic rings. The molecule has 1 amide bonds. The standard InChI is InChI=1S/C19H22FN3O4/c20-16-4-1-2-5-17(16)27-11-3-6-18(24)22-9-7-15(8-10-22)23-13-14(12-21-23)19(25)26/h1-2,4-5,12-13,15H,3,6-11H2,(H,25,26). The van der Waals surface area contributed by atoms with E-state index in [1.165, 1.54) is 18.5 Å². The monoisotopic (exact) mass is 375 g/mol. The topological polar surface area (TPSA) is 84.7 Å². The number of benzene rings is 1. The van der Waals surface area contributed by atoms with Gasteiger partial charge in [0.25, 0.3) is 0 Å². The summed E-state index contributed by atoms with van der Waals surface area (Å²) in [5.41, 5.74) is 0.170. The van der Waals surface area contributed by atoms with Crippen molar-refractivity contribution in [2.45, 2.75) is 31.7 Å². The minimum absolute atomic E-state index is 0.0530. The van der Waals surface area contributed by atoms with Gasteiger partial charge in [0.1, 0.15) is 0 Å². The molecule has 8 heteroatoms. The van der Waals surface area contributed by atoms with Gasteiger partial charge in [-0.15, -0.1) is 0 Å². The van der Waals surface area contributed by atoms with Crippen molar-refractivity contribution in [3.05, 3.63) is 48.0 Å². The van der Waals surface area contributed by atoms with Crippen LogP contribution in [0.1, 0.15) is 42.1 Å². The fourth-order valence-corrected chi connectivity index (χ4v) is 3.15. The third-order valence-corrected chi connectivity index (χ3v) is 4.67. The molecule has 3 rings (SSSR count). The number of hydrogen-bond donors (Lipinski definition) is 1. The molecular formula is C19H22FN3O4. The first-order valence-electron chi connectivity index (χ1n) is 8.97. The average Bonchev–Trinajstić information content (AvgIpc) is 3.17. The van der Waals surface area contributed by atoms with Gasteiger partial charge >= 0.3 is 5.97 Å². The fourth-order valence-electron chi connectivity index (χ4n) is 3.15. The molecule has 0 aliphatic carbocycles. The highest BCUT2D eigenvalue weighted by Crippen LogP contribution is 2.23. The highest BCUT2D eigenvalue weighted by molar-refractivity contribution is 5.86. The van der Waals surface area contributed by atoms with Crippen LogP contribution >= 0.6 is 0 Å². The van der Waals surface area contributed by atoms with E-state index in [1.54, 1.807) is 27.8 Å². The summed E-state index contributed by atoms with van der Waals surface area (Å²) in [4.78, 5) is 25.1. The van der Waals surface area contributed by atoms with E-state index in [0.717, 1.165) is 12.8 Å². The summed E-state index contributed by atoms with van der Waals surface area (Å²) in [7, 11) is 0. The lowest BCUT2D eigenvalue weighted by Gasteiger charge is -2.32. The number of para-hydroxylation sites is 1. The van der Waals surface area contributed by atoms with Gasteiger partial charge in [-0.2, -0.15) is 5.10 Å². The predicted molar refractivity (Wildman–Crippen MR) is 95.2 cm³/mol. The van der Waals surface area contributed by atoms with Crippen LogP contribution in [0.3, 0.4) is 0 Å². The second-order valence-electron chi connectivity index (χ2n) is 6.51. The Morgan fingerprint density at radius 1 is 1.26 bits per heavy atom. The number of ether oxygens (including phenoxy) is 1. The normalized spacial score (nSPS) is 14.9. The van der Waals surface area contributed by atoms with Crippen molar-refractivity contribution >= 4 is 11.9 Å². The van der Waals surface area contributed by atoms with E-state index < -0.39 is 11.8 Å². The highest BCUT2D eigenvalue weighted by atomic mass is 19.1. The Labute approximate surface area is 156 Å². The maximum Gasteiger partial charge on any atom is 0.338 e. The van der Waals surface area contributed by atoms with Crippen LogP contribution in [0.5, 0.6) is 5.75 Å². The van der Waals surface area contributed by atoms with Crippen LogP contribution < -0.4 is 4.74 Å². The van der Waals surface area contributed by atoms with E-state index >= 15 is 0 Å². The van der Waals surface area contributed by atoms with Crippen molar-refractivity contribution in [3.8, 4) is 5.75 Å². The molecule has 27 heavy (non-hydrogen) atoms. The van der Waals surface area contributed by atoms with Crippen LogP contribution in [0, 0.1) is 5.82 Å². The van der Waals surface area contributed by atoms with Gasteiger partial charge in [0.15, 0.2) is 11.6 Å². The van der Waals surface area contributed by atoms with Gasteiger partial charge in [0.05, 0.1) is 24.4 Å². The zero-order chi connectivity index (χ0) is 19.2. The number of amides is 1. The van der Waals surface area contributed by atoms with Crippen LogP contribution in [0.2, 0.25) is 0 Å². The van der Waals surface area contributed by atoms with Gasteiger partial charge in [0, 0.05) is 25.7 Å². The first-order valence-corrected chi connectivity index (χ1v) is 8.97. The van der Waals surface area contributed by atoms with Crippen molar-refractivity contribution in [1.29, 1.82) is 0 Å². The lowest BCUT2D eigenvalue weighted by atomic mass is 10.0. The number of piperidine rings is 1. The maximum atomic E-state index is 13.4. The van der Waals surface area contributed by atoms with Crippen molar-refractivity contribution in [3.63, 3.8) is 0 Å². The molecule has 0 unspecified atom stereocenters. The molecule has 0 saturated carbocycles. The van der Waals surface area contributed by atoms with Crippen LogP contribution in [-0.4, -0.2) is 51.4 Å². The number of nitrogens with zero attached hydrogens (tertiary/aromatic N) is 3. The Hall–Kier alpha value is -2.90. The van der Waals surface area contributed by atoms with E-state index in [1.807, 2.05) is 0 Å². The van der Waals surface area contributed by atoms with Crippen molar-refractivity contribution in [2.75, 3.05) is 19.7 Å². The number of carbonyl (C=O) groups is 2. The third-order valence-electron chi connectivity index (χ3n) is 4.67. The lowest BCUT2D eigenvalue weighted by Crippen LogP contribution is -2.39. The molecule has 0 bridgehead atoms. The largest absolute Gasteiger partial charge is 0.491 e. The second kappa shape index (κ2) is 8.66. The second-order valence-corrected chi connectivity index (χ2v) is 6.51. The summed E-state index contributed by atoms with van der Waals surface area (Å²) in [6, 6.07) is 6.30. The molecule has 1 aromatic carbocycles. The fraction of sp³-hybridized carbons (Fsp3) is 0.421. The number of likely N-dealkylation sites (tertiary alicyclic amines) is 1. The molecule has 1 saturated heterocycles. The molecule has 2 heterocycles. The number of halogens is 1.